The lowest BCUT2D eigenvalue weighted by Crippen LogP contribution is -2.45. The van der Waals surface area contributed by atoms with Gasteiger partial charge in [0.05, 0.1) is 0 Å². The lowest BCUT2D eigenvalue weighted by molar-refractivity contribution is -0.134. The molecule has 1 aliphatic heterocycles. The van der Waals surface area contributed by atoms with Crippen LogP contribution >= 0.6 is 11.6 Å². The second kappa shape index (κ2) is 8.26. The third-order valence-corrected chi connectivity index (χ3v) is 5.26. The first-order valence-corrected chi connectivity index (χ1v) is 9.89. The standard InChI is InChI=1S/C21H26ClN3O2/c1-4-18-10-19(26)25(21(23-18)16-6-5-7-17(22)9-16)13-20(27)24-11-14(2)8-15(3)12-24/h5-7,9-10,14-15H,4,8,11-13H2,1-3H3. The zero-order valence-electron chi connectivity index (χ0n) is 16.1. The summed E-state index contributed by atoms with van der Waals surface area (Å²) in [5, 5.41) is 0.570. The van der Waals surface area contributed by atoms with Gasteiger partial charge in [0.25, 0.3) is 5.56 Å². The first-order valence-electron chi connectivity index (χ1n) is 9.51. The van der Waals surface area contributed by atoms with Crippen molar-refractivity contribution in [3.05, 3.63) is 51.4 Å². The van der Waals surface area contributed by atoms with Crippen LogP contribution in [0.25, 0.3) is 11.4 Å². The molecule has 3 rings (SSSR count). The summed E-state index contributed by atoms with van der Waals surface area (Å²) in [4.78, 5) is 32.2. The van der Waals surface area contributed by atoms with E-state index in [1.165, 1.54) is 10.6 Å². The molecule has 0 N–H and O–H groups in total. The third kappa shape index (κ3) is 4.59. The molecule has 27 heavy (non-hydrogen) atoms. The maximum Gasteiger partial charge on any atom is 0.254 e. The van der Waals surface area contributed by atoms with E-state index in [1.807, 2.05) is 24.0 Å². The van der Waals surface area contributed by atoms with Crippen LogP contribution in [0.15, 0.2) is 35.1 Å². The molecular formula is C21H26ClN3O2. The van der Waals surface area contributed by atoms with Gasteiger partial charge >= 0.3 is 0 Å². The van der Waals surface area contributed by atoms with Gasteiger partial charge in [-0.3, -0.25) is 14.2 Å². The van der Waals surface area contributed by atoms with Gasteiger partial charge in [0.2, 0.25) is 5.91 Å². The van der Waals surface area contributed by atoms with Gasteiger partial charge in [0.15, 0.2) is 0 Å². The van der Waals surface area contributed by atoms with E-state index in [2.05, 4.69) is 18.8 Å². The maximum atomic E-state index is 12.9. The van der Waals surface area contributed by atoms with Crippen LogP contribution in [0, 0.1) is 11.8 Å². The average molecular weight is 388 g/mol. The largest absolute Gasteiger partial charge is 0.341 e. The summed E-state index contributed by atoms with van der Waals surface area (Å²) in [7, 11) is 0. The molecular weight excluding hydrogens is 362 g/mol. The molecule has 144 valence electrons. The number of hydrogen-bond donors (Lipinski definition) is 0. The number of aromatic nitrogens is 2. The second-order valence-electron chi connectivity index (χ2n) is 7.60. The Morgan fingerprint density at radius 1 is 1.22 bits per heavy atom. The maximum absolute atomic E-state index is 12.9. The Morgan fingerprint density at radius 3 is 2.56 bits per heavy atom. The minimum Gasteiger partial charge on any atom is -0.341 e. The SMILES string of the molecule is CCc1cc(=O)n(CC(=O)N2CC(C)CC(C)C2)c(-c2cccc(Cl)c2)n1. The van der Waals surface area contributed by atoms with Crippen molar-refractivity contribution in [2.45, 2.75) is 40.2 Å². The van der Waals surface area contributed by atoms with Crippen LogP contribution < -0.4 is 5.56 Å². The van der Waals surface area contributed by atoms with Gasteiger partial charge in [-0.25, -0.2) is 4.98 Å². The molecule has 1 aromatic heterocycles. The highest BCUT2D eigenvalue weighted by molar-refractivity contribution is 6.30. The van der Waals surface area contributed by atoms with E-state index >= 15 is 0 Å². The summed E-state index contributed by atoms with van der Waals surface area (Å²) in [5.74, 6) is 1.41. The molecule has 0 bridgehead atoms. The fraction of sp³-hybridized carbons (Fsp3) is 0.476. The molecule has 0 aliphatic carbocycles. The van der Waals surface area contributed by atoms with Crippen molar-refractivity contribution < 1.29 is 4.79 Å². The number of halogens is 1. The van der Waals surface area contributed by atoms with Crippen molar-refractivity contribution in [3.63, 3.8) is 0 Å². The normalized spacial score (nSPS) is 19.9. The van der Waals surface area contributed by atoms with E-state index < -0.39 is 0 Å². The molecule has 0 spiro atoms. The zero-order valence-corrected chi connectivity index (χ0v) is 16.9. The van der Waals surface area contributed by atoms with Crippen LogP contribution in [0.2, 0.25) is 5.02 Å². The Bertz CT molecular complexity index is 883. The number of carbonyl (C=O) groups excluding carboxylic acids is 1. The fourth-order valence-corrected chi connectivity index (χ4v) is 4.03. The number of rotatable bonds is 4. The molecule has 1 amide bonds. The van der Waals surface area contributed by atoms with Crippen molar-refractivity contribution in [3.8, 4) is 11.4 Å². The van der Waals surface area contributed by atoms with Crippen LogP contribution in [-0.2, 0) is 17.8 Å². The molecule has 2 heterocycles. The third-order valence-electron chi connectivity index (χ3n) is 5.02. The minimum absolute atomic E-state index is 0.00286. The molecule has 1 saturated heterocycles. The van der Waals surface area contributed by atoms with E-state index in [1.54, 1.807) is 12.1 Å². The van der Waals surface area contributed by atoms with E-state index in [0.717, 1.165) is 25.1 Å². The van der Waals surface area contributed by atoms with Gasteiger partial charge in [-0.05, 0) is 36.8 Å². The van der Waals surface area contributed by atoms with Crippen LogP contribution in [0.4, 0.5) is 0 Å². The number of amides is 1. The van der Waals surface area contributed by atoms with Crippen LogP contribution in [0.3, 0.4) is 0 Å². The lowest BCUT2D eigenvalue weighted by atomic mass is 9.92. The molecule has 2 unspecified atom stereocenters. The monoisotopic (exact) mass is 387 g/mol. The highest BCUT2D eigenvalue weighted by Crippen LogP contribution is 2.23. The highest BCUT2D eigenvalue weighted by atomic mass is 35.5. The molecule has 1 fully saturated rings. The molecule has 6 heteroatoms. The van der Waals surface area contributed by atoms with E-state index in [-0.39, 0.29) is 18.0 Å². The summed E-state index contributed by atoms with van der Waals surface area (Å²) < 4.78 is 1.47. The first kappa shape index (κ1) is 19.6. The van der Waals surface area contributed by atoms with Gasteiger partial charge in [-0.1, -0.05) is 44.5 Å². The summed E-state index contributed by atoms with van der Waals surface area (Å²) >= 11 is 6.13. The van der Waals surface area contributed by atoms with Crippen molar-refractivity contribution >= 4 is 17.5 Å². The summed E-state index contributed by atoms with van der Waals surface area (Å²) in [5.41, 5.74) is 1.24. The van der Waals surface area contributed by atoms with Crippen LogP contribution in [0.5, 0.6) is 0 Å². The minimum atomic E-state index is -0.205. The number of carbonyl (C=O) groups is 1. The van der Waals surface area contributed by atoms with Gasteiger partial charge in [0, 0.05) is 35.4 Å². The van der Waals surface area contributed by atoms with E-state index in [0.29, 0.717) is 34.8 Å². The molecule has 2 aromatic rings. The summed E-state index contributed by atoms with van der Waals surface area (Å²) in [6.45, 7) is 7.76. The van der Waals surface area contributed by atoms with Crippen molar-refractivity contribution in [1.29, 1.82) is 0 Å². The molecule has 1 aliphatic rings. The van der Waals surface area contributed by atoms with E-state index in [9.17, 15) is 9.59 Å². The van der Waals surface area contributed by atoms with Crippen molar-refractivity contribution in [2.24, 2.45) is 11.8 Å². The Labute approximate surface area is 165 Å². The summed E-state index contributed by atoms with van der Waals surface area (Å²) in [6, 6.07) is 8.75. The van der Waals surface area contributed by atoms with Crippen LogP contribution in [0.1, 0.15) is 32.9 Å². The number of aryl methyl sites for hydroxylation is 1. The number of benzene rings is 1. The van der Waals surface area contributed by atoms with Gasteiger partial charge in [-0.15, -0.1) is 0 Å². The molecule has 0 saturated carbocycles. The molecule has 2 atom stereocenters. The topological polar surface area (TPSA) is 55.2 Å². The average Bonchev–Trinajstić information content (AvgIpc) is 2.62. The smallest absolute Gasteiger partial charge is 0.254 e. The summed E-state index contributed by atoms with van der Waals surface area (Å²) in [6.07, 6.45) is 1.78. The molecule has 1 aromatic carbocycles. The predicted octanol–water partition coefficient (Wildman–Crippen LogP) is 3.63. The lowest BCUT2D eigenvalue weighted by Gasteiger charge is -2.35. The Morgan fingerprint density at radius 2 is 1.93 bits per heavy atom. The van der Waals surface area contributed by atoms with E-state index in [4.69, 9.17) is 11.6 Å². The Kier molecular flexibility index (Phi) is 6.00. The van der Waals surface area contributed by atoms with Gasteiger partial charge < -0.3 is 4.90 Å². The van der Waals surface area contributed by atoms with Gasteiger partial charge in [-0.2, -0.15) is 0 Å². The van der Waals surface area contributed by atoms with Gasteiger partial charge in [0.1, 0.15) is 12.4 Å². The first-order chi connectivity index (χ1) is 12.9. The van der Waals surface area contributed by atoms with Crippen LogP contribution in [-0.4, -0.2) is 33.4 Å². The predicted molar refractivity (Wildman–Crippen MR) is 108 cm³/mol. The zero-order chi connectivity index (χ0) is 19.6. The van der Waals surface area contributed by atoms with Crippen molar-refractivity contribution in [1.82, 2.24) is 14.5 Å². The van der Waals surface area contributed by atoms with Crippen molar-refractivity contribution in [2.75, 3.05) is 13.1 Å². The Hall–Kier alpha value is -2.14. The number of likely N-dealkylation sites (tertiary alicyclic amines) is 1. The number of hydrogen-bond acceptors (Lipinski definition) is 3. The number of nitrogens with zero attached hydrogens (tertiary/aromatic N) is 3. The molecule has 0 radical (unpaired) electrons. The number of piperidine rings is 1. The highest BCUT2D eigenvalue weighted by Gasteiger charge is 2.26. The Balaban J connectivity index is 1.97. The quantitative estimate of drug-likeness (QED) is 0.804. The second-order valence-corrected chi connectivity index (χ2v) is 8.04. The fourth-order valence-electron chi connectivity index (χ4n) is 3.84. The molecule has 5 nitrogen and oxygen atoms in total.